The molecule has 7 rings (SSSR count). The van der Waals surface area contributed by atoms with E-state index < -0.39 is 0 Å². The lowest BCUT2D eigenvalue weighted by molar-refractivity contribution is 0.270. The molecule has 0 aliphatic carbocycles. The average Bonchev–Trinajstić information content (AvgIpc) is 3.71. The molecule has 5 aromatic rings. The monoisotopic (exact) mass is 579 g/mol. The molecular weight excluding hydrogens is 545 g/mol. The zero-order chi connectivity index (χ0) is 29.6. The van der Waals surface area contributed by atoms with Gasteiger partial charge < -0.3 is 19.6 Å². The Morgan fingerprint density at radius 1 is 0.953 bits per heavy atom. The maximum atomic E-state index is 14.5. The minimum absolute atomic E-state index is 0.135. The predicted molar refractivity (Wildman–Crippen MR) is 164 cm³/mol. The van der Waals surface area contributed by atoms with E-state index in [2.05, 4.69) is 60.7 Å². The Labute approximate surface area is 248 Å². The molecule has 9 nitrogen and oxygen atoms in total. The van der Waals surface area contributed by atoms with E-state index in [0.717, 1.165) is 73.5 Å². The van der Waals surface area contributed by atoms with Crippen molar-refractivity contribution < 1.29 is 9.13 Å². The number of hydrogen-bond acceptors (Lipinski definition) is 7. The first kappa shape index (κ1) is 27.3. The number of aromatic nitrogens is 5. The zero-order valence-electron chi connectivity index (χ0n) is 24.3. The minimum atomic E-state index is -0.346. The van der Waals surface area contributed by atoms with Gasteiger partial charge in [0.05, 0.1) is 28.6 Å². The Bertz CT molecular complexity index is 1850. The topological polar surface area (TPSA) is 103 Å². The molecule has 0 saturated carbocycles. The highest BCUT2D eigenvalue weighted by Gasteiger charge is 2.44. The number of benzene rings is 2. The molecule has 10 heteroatoms. The second kappa shape index (κ2) is 10.9. The molecule has 0 bridgehead atoms. The largest absolute Gasteiger partial charge is 0.453 e. The molecule has 2 aliphatic heterocycles. The van der Waals surface area contributed by atoms with Crippen molar-refractivity contribution >= 4 is 16.7 Å². The molecule has 1 atom stereocenters. The van der Waals surface area contributed by atoms with Gasteiger partial charge in [-0.25, -0.2) is 19.2 Å². The summed E-state index contributed by atoms with van der Waals surface area (Å²) in [6, 6.07) is 12.7. The number of anilines is 1. The van der Waals surface area contributed by atoms with E-state index in [9.17, 15) is 9.18 Å². The Hall–Kier alpha value is -4.57. The average molecular weight is 580 g/mol. The zero-order valence-corrected chi connectivity index (χ0v) is 24.3. The van der Waals surface area contributed by atoms with Crippen molar-refractivity contribution in [3.8, 4) is 22.6 Å². The standard InChI is InChI=1S/C33H34FN7O2/c1-21(2)31-25(15-36-20-37-31)24-14-23(34)4-6-29(24)43-30-16-35-10-7-28(30)41-12-9-33(19-41)8-11-40(18-33)17-22-3-5-26-27(13-22)39-32(42)38-26/h3-7,10,13-16,20-21H,8-9,11-12,17-19H2,1-2H3,(H2,38,39,42). The van der Waals surface area contributed by atoms with Gasteiger partial charge in [0.15, 0.2) is 5.75 Å². The van der Waals surface area contributed by atoms with Crippen LogP contribution in [0.5, 0.6) is 11.5 Å². The van der Waals surface area contributed by atoms with Crippen LogP contribution in [0.3, 0.4) is 0 Å². The molecule has 1 spiro atoms. The van der Waals surface area contributed by atoms with Gasteiger partial charge in [-0.3, -0.25) is 9.88 Å². The van der Waals surface area contributed by atoms with Gasteiger partial charge in [-0.2, -0.15) is 0 Å². The first-order valence-corrected chi connectivity index (χ1v) is 14.8. The summed E-state index contributed by atoms with van der Waals surface area (Å²) < 4.78 is 21.0. The van der Waals surface area contributed by atoms with E-state index in [4.69, 9.17) is 4.74 Å². The van der Waals surface area contributed by atoms with Crippen LogP contribution in [0.4, 0.5) is 10.1 Å². The van der Waals surface area contributed by atoms with E-state index in [1.807, 2.05) is 12.1 Å². The van der Waals surface area contributed by atoms with Crippen LogP contribution < -0.4 is 15.3 Å². The number of likely N-dealkylation sites (tertiary alicyclic amines) is 1. The smallest absolute Gasteiger partial charge is 0.323 e. The molecule has 2 N–H and O–H groups in total. The highest BCUT2D eigenvalue weighted by Crippen LogP contribution is 2.45. The molecule has 220 valence electrons. The van der Waals surface area contributed by atoms with Gasteiger partial charge in [0.1, 0.15) is 17.9 Å². The van der Waals surface area contributed by atoms with Crippen LogP contribution >= 0.6 is 0 Å². The summed E-state index contributed by atoms with van der Waals surface area (Å²) in [5, 5.41) is 0. The molecule has 2 saturated heterocycles. The fourth-order valence-electron chi connectivity index (χ4n) is 6.71. The molecule has 0 amide bonds. The lowest BCUT2D eigenvalue weighted by atomic mass is 9.86. The van der Waals surface area contributed by atoms with E-state index in [1.54, 1.807) is 24.7 Å². The van der Waals surface area contributed by atoms with Gasteiger partial charge in [-0.05, 0) is 67.3 Å². The fourth-order valence-corrected chi connectivity index (χ4v) is 6.71. The second-order valence-electron chi connectivity index (χ2n) is 12.2. The number of H-pyrrole nitrogens is 2. The predicted octanol–water partition coefficient (Wildman–Crippen LogP) is 5.87. The summed E-state index contributed by atoms with van der Waals surface area (Å²) in [5.41, 5.74) is 6.08. The van der Waals surface area contributed by atoms with Crippen LogP contribution in [0.1, 0.15) is 43.9 Å². The maximum Gasteiger partial charge on any atom is 0.323 e. The van der Waals surface area contributed by atoms with Crippen molar-refractivity contribution in [1.82, 2.24) is 29.8 Å². The van der Waals surface area contributed by atoms with E-state index in [-0.39, 0.29) is 22.8 Å². The van der Waals surface area contributed by atoms with Crippen molar-refractivity contribution in [1.29, 1.82) is 0 Å². The highest BCUT2D eigenvalue weighted by atomic mass is 19.1. The SMILES string of the molecule is CC(C)c1ncncc1-c1cc(F)ccc1Oc1cnccc1N1CCC2(CCN(Cc3ccc4[nH]c(=O)[nH]c4c3)C2)C1. The summed E-state index contributed by atoms with van der Waals surface area (Å²) in [7, 11) is 0. The highest BCUT2D eigenvalue weighted by molar-refractivity contribution is 5.75. The molecule has 2 aromatic carbocycles. The number of aromatic amines is 2. The molecule has 2 aliphatic rings. The third-order valence-electron chi connectivity index (χ3n) is 8.79. The van der Waals surface area contributed by atoms with Gasteiger partial charge in [-0.1, -0.05) is 19.9 Å². The van der Waals surface area contributed by atoms with Gasteiger partial charge in [0, 0.05) is 55.1 Å². The number of nitrogens with one attached hydrogen (secondary N) is 2. The molecular formula is C33H34FN7O2. The Morgan fingerprint density at radius 2 is 1.81 bits per heavy atom. The van der Waals surface area contributed by atoms with Crippen molar-refractivity contribution in [2.45, 2.75) is 39.2 Å². The second-order valence-corrected chi connectivity index (χ2v) is 12.2. The number of fused-ring (bicyclic) bond motifs is 1. The van der Waals surface area contributed by atoms with Crippen LogP contribution in [0, 0.1) is 11.2 Å². The maximum absolute atomic E-state index is 14.5. The molecule has 5 heterocycles. The Balaban J connectivity index is 1.10. The quantitative estimate of drug-likeness (QED) is 0.249. The van der Waals surface area contributed by atoms with E-state index in [0.29, 0.717) is 17.1 Å². The number of imidazole rings is 1. The summed E-state index contributed by atoms with van der Waals surface area (Å²) in [6.45, 7) is 8.86. The number of rotatable bonds is 7. The Morgan fingerprint density at radius 3 is 2.70 bits per heavy atom. The number of nitrogens with zero attached hydrogens (tertiary/aromatic N) is 5. The van der Waals surface area contributed by atoms with Crippen molar-refractivity contribution in [3.05, 3.63) is 94.9 Å². The van der Waals surface area contributed by atoms with Crippen molar-refractivity contribution in [2.75, 3.05) is 31.1 Å². The van der Waals surface area contributed by atoms with Crippen LogP contribution in [0.25, 0.3) is 22.2 Å². The first-order chi connectivity index (χ1) is 20.9. The summed E-state index contributed by atoms with van der Waals surface area (Å²) in [6.07, 6.45) is 9.00. The lowest BCUT2D eigenvalue weighted by Crippen LogP contribution is -2.30. The summed E-state index contributed by atoms with van der Waals surface area (Å²) in [4.78, 5) is 35.3. The fraction of sp³-hybridized carbons (Fsp3) is 0.333. The summed E-state index contributed by atoms with van der Waals surface area (Å²) >= 11 is 0. The van der Waals surface area contributed by atoms with Gasteiger partial charge >= 0.3 is 5.69 Å². The van der Waals surface area contributed by atoms with Gasteiger partial charge in [0.2, 0.25) is 0 Å². The molecule has 43 heavy (non-hydrogen) atoms. The normalized spacial score (nSPS) is 18.8. The first-order valence-electron chi connectivity index (χ1n) is 14.8. The molecule has 0 radical (unpaired) electrons. The molecule has 1 unspecified atom stereocenters. The summed E-state index contributed by atoms with van der Waals surface area (Å²) in [5.74, 6) is 0.962. The number of ether oxygens (including phenoxy) is 1. The number of halogens is 1. The van der Waals surface area contributed by atoms with Crippen molar-refractivity contribution in [2.24, 2.45) is 5.41 Å². The minimum Gasteiger partial charge on any atom is -0.453 e. The molecule has 3 aromatic heterocycles. The lowest BCUT2D eigenvalue weighted by Gasteiger charge is -2.27. The van der Waals surface area contributed by atoms with Gasteiger partial charge in [0.25, 0.3) is 0 Å². The number of pyridine rings is 1. The molecule has 2 fully saturated rings. The van der Waals surface area contributed by atoms with Crippen LogP contribution in [-0.4, -0.2) is 56.0 Å². The third kappa shape index (κ3) is 5.38. The van der Waals surface area contributed by atoms with Crippen molar-refractivity contribution in [3.63, 3.8) is 0 Å². The van der Waals surface area contributed by atoms with Crippen LogP contribution in [-0.2, 0) is 6.54 Å². The number of hydrogen-bond donors (Lipinski definition) is 2. The third-order valence-corrected chi connectivity index (χ3v) is 8.79. The van der Waals surface area contributed by atoms with E-state index >= 15 is 0 Å². The van der Waals surface area contributed by atoms with E-state index in [1.165, 1.54) is 24.0 Å². The Kier molecular flexibility index (Phi) is 6.93. The van der Waals surface area contributed by atoms with Crippen LogP contribution in [0.15, 0.2) is 72.2 Å². The van der Waals surface area contributed by atoms with Gasteiger partial charge in [-0.15, -0.1) is 0 Å². The van der Waals surface area contributed by atoms with Crippen LogP contribution in [0.2, 0.25) is 0 Å².